The average molecular weight is 274 g/mol. The number of carboxylic acids is 1. The molecule has 90 valence electrons. The molecule has 2 N–H and O–H groups in total. The topological polar surface area (TPSA) is 110 Å². The molecule has 2 heterocycles. The first-order valence-electron chi connectivity index (χ1n) is 4.23. The van der Waals surface area contributed by atoms with Gasteiger partial charge in [0.1, 0.15) is 16.8 Å². The average Bonchev–Trinajstić information content (AvgIpc) is 2.84. The van der Waals surface area contributed by atoms with Crippen molar-refractivity contribution >= 4 is 33.0 Å². The zero-order valence-electron chi connectivity index (χ0n) is 8.15. The molecule has 0 bridgehead atoms. The quantitative estimate of drug-likeness (QED) is 0.867. The van der Waals surface area contributed by atoms with Gasteiger partial charge in [-0.25, -0.2) is 13.2 Å². The Bertz CT molecular complexity index is 629. The second kappa shape index (κ2) is 4.18. The van der Waals surface area contributed by atoms with E-state index in [1.807, 2.05) is 0 Å². The number of aromatic carboxylic acids is 1. The number of thiophene rings is 1. The number of aromatic nitrogens is 1. The Labute approximate surface area is 99.7 Å². The number of nitrogens with zero attached hydrogens (tertiary/aromatic N) is 1. The molecule has 0 atom stereocenters. The van der Waals surface area contributed by atoms with Gasteiger partial charge in [0.15, 0.2) is 0 Å². The second-order valence-corrected chi connectivity index (χ2v) is 5.56. The lowest BCUT2D eigenvalue weighted by Crippen LogP contribution is -2.11. The van der Waals surface area contributed by atoms with Crippen LogP contribution in [0.4, 0.5) is 5.69 Å². The maximum atomic E-state index is 11.8. The van der Waals surface area contributed by atoms with E-state index in [-0.39, 0.29) is 15.5 Å². The van der Waals surface area contributed by atoms with Crippen molar-refractivity contribution in [2.45, 2.75) is 4.90 Å². The van der Waals surface area contributed by atoms with Crippen molar-refractivity contribution in [3.8, 4) is 0 Å². The highest BCUT2D eigenvalue weighted by Gasteiger charge is 2.19. The fourth-order valence-electron chi connectivity index (χ4n) is 1.04. The van der Waals surface area contributed by atoms with Crippen molar-refractivity contribution in [3.63, 3.8) is 0 Å². The van der Waals surface area contributed by atoms with E-state index in [1.165, 1.54) is 11.6 Å². The first-order chi connectivity index (χ1) is 7.99. The third-order valence-electron chi connectivity index (χ3n) is 1.78. The number of rotatable bonds is 4. The normalized spacial score (nSPS) is 11.3. The van der Waals surface area contributed by atoms with Gasteiger partial charge in [-0.1, -0.05) is 5.16 Å². The summed E-state index contributed by atoms with van der Waals surface area (Å²) < 4.78 is 30.2. The fourth-order valence-corrected chi connectivity index (χ4v) is 3.18. The van der Waals surface area contributed by atoms with Crippen LogP contribution in [0, 0.1) is 0 Å². The molecule has 0 aromatic carbocycles. The summed E-state index contributed by atoms with van der Waals surface area (Å²) in [6.07, 6.45) is 2.32. The van der Waals surface area contributed by atoms with Crippen LogP contribution >= 0.6 is 11.3 Å². The Kier molecular flexibility index (Phi) is 2.86. The molecule has 0 saturated heterocycles. The maximum absolute atomic E-state index is 11.8. The van der Waals surface area contributed by atoms with Gasteiger partial charge in [-0.2, -0.15) is 0 Å². The summed E-state index contributed by atoms with van der Waals surface area (Å²) in [7, 11) is -3.80. The molecule has 2 rings (SSSR count). The Morgan fingerprint density at radius 1 is 1.53 bits per heavy atom. The van der Waals surface area contributed by atoms with E-state index < -0.39 is 16.0 Å². The maximum Gasteiger partial charge on any atom is 0.345 e. The summed E-state index contributed by atoms with van der Waals surface area (Å²) >= 11 is 0.839. The zero-order valence-corrected chi connectivity index (χ0v) is 9.79. The molecule has 7 nitrogen and oxygen atoms in total. The minimum Gasteiger partial charge on any atom is -0.477 e. The molecule has 0 spiro atoms. The van der Waals surface area contributed by atoms with Crippen LogP contribution in [0.5, 0.6) is 0 Å². The van der Waals surface area contributed by atoms with Crippen molar-refractivity contribution < 1.29 is 22.8 Å². The van der Waals surface area contributed by atoms with Crippen LogP contribution in [0.3, 0.4) is 0 Å². The van der Waals surface area contributed by atoms with Crippen molar-refractivity contribution in [1.82, 2.24) is 5.16 Å². The van der Waals surface area contributed by atoms with E-state index in [9.17, 15) is 13.2 Å². The summed E-state index contributed by atoms with van der Waals surface area (Å²) in [6, 6.07) is 1.09. The zero-order chi connectivity index (χ0) is 12.5. The number of carbonyl (C=O) groups is 1. The van der Waals surface area contributed by atoms with Gasteiger partial charge < -0.3 is 9.63 Å². The van der Waals surface area contributed by atoms with E-state index in [0.29, 0.717) is 0 Å². The summed E-state index contributed by atoms with van der Waals surface area (Å²) in [5.74, 6) is -1.17. The van der Waals surface area contributed by atoms with Crippen molar-refractivity contribution in [2.24, 2.45) is 0 Å². The molecular weight excluding hydrogens is 268 g/mol. The first kappa shape index (κ1) is 11.6. The summed E-state index contributed by atoms with van der Waals surface area (Å²) in [5, 5.41) is 13.3. The largest absolute Gasteiger partial charge is 0.477 e. The first-order valence-corrected chi connectivity index (χ1v) is 6.59. The molecule has 2 aromatic rings. The van der Waals surface area contributed by atoms with Gasteiger partial charge in [0.2, 0.25) is 0 Å². The number of anilines is 1. The highest BCUT2D eigenvalue weighted by Crippen LogP contribution is 2.21. The van der Waals surface area contributed by atoms with E-state index in [0.717, 1.165) is 23.7 Å². The summed E-state index contributed by atoms with van der Waals surface area (Å²) in [6.45, 7) is 0. The lowest BCUT2D eigenvalue weighted by molar-refractivity contribution is 0.0702. The fraction of sp³-hybridized carbons (Fsp3) is 0. The predicted octanol–water partition coefficient (Wildman–Crippen LogP) is 1.24. The molecule has 0 aliphatic carbocycles. The Morgan fingerprint density at radius 3 is 2.82 bits per heavy atom. The summed E-state index contributed by atoms with van der Waals surface area (Å²) in [4.78, 5) is 10.5. The van der Waals surface area contributed by atoms with Crippen molar-refractivity contribution in [1.29, 1.82) is 0 Å². The van der Waals surface area contributed by atoms with Gasteiger partial charge in [-0.15, -0.1) is 11.3 Å². The Balaban J connectivity index is 2.28. The molecule has 0 aliphatic heterocycles. The van der Waals surface area contributed by atoms with E-state index in [1.54, 1.807) is 0 Å². The number of hydrogen-bond acceptors (Lipinski definition) is 6. The van der Waals surface area contributed by atoms with Gasteiger partial charge in [0, 0.05) is 5.38 Å². The molecular formula is C8H6N2O5S2. The highest BCUT2D eigenvalue weighted by molar-refractivity contribution is 7.92. The third-order valence-corrected chi connectivity index (χ3v) is 4.21. The summed E-state index contributed by atoms with van der Waals surface area (Å²) in [5.41, 5.74) is 0.174. The molecule has 0 amide bonds. The van der Waals surface area contributed by atoms with Gasteiger partial charge in [-0.05, 0) is 6.07 Å². The van der Waals surface area contributed by atoms with E-state index in [2.05, 4.69) is 14.4 Å². The molecule has 0 unspecified atom stereocenters. The van der Waals surface area contributed by atoms with Crippen LogP contribution in [-0.2, 0) is 10.0 Å². The molecule has 0 fully saturated rings. The standard InChI is InChI=1S/C8H6N2O5S2/c11-8(12)7-1-6(4-16-7)17(13,14)10-5-2-9-15-3-5/h1-4,10H,(H,11,12). The van der Waals surface area contributed by atoms with Gasteiger partial charge in [0.05, 0.1) is 11.1 Å². The van der Waals surface area contributed by atoms with Crippen molar-refractivity contribution in [3.05, 3.63) is 28.8 Å². The Morgan fingerprint density at radius 2 is 2.29 bits per heavy atom. The van der Waals surface area contributed by atoms with Crippen molar-refractivity contribution in [2.75, 3.05) is 4.72 Å². The number of nitrogens with one attached hydrogen (secondary N) is 1. The highest BCUT2D eigenvalue weighted by atomic mass is 32.2. The van der Waals surface area contributed by atoms with E-state index in [4.69, 9.17) is 5.11 Å². The van der Waals surface area contributed by atoms with Crippen LogP contribution in [0.15, 0.2) is 33.3 Å². The number of hydrogen-bond donors (Lipinski definition) is 2. The SMILES string of the molecule is O=C(O)c1cc(S(=O)(=O)Nc2cnoc2)cs1. The monoisotopic (exact) mass is 274 g/mol. The third kappa shape index (κ3) is 2.45. The minimum atomic E-state index is -3.80. The van der Waals surface area contributed by atoms with E-state index >= 15 is 0 Å². The molecule has 2 aromatic heterocycles. The van der Waals surface area contributed by atoms with Gasteiger partial charge in [-0.3, -0.25) is 4.72 Å². The van der Waals surface area contributed by atoms with Crippen LogP contribution < -0.4 is 4.72 Å². The Hall–Kier alpha value is -1.87. The van der Waals surface area contributed by atoms with Crippen LogP contribution in [0.25, 0.3) is 0 Å². The van der Waals surface area contributed by atoms with Crippen LogP contribution in [-0.4, -0.2) is 24.7 Å². The number of sulfonamides is 1. The lowest BCUT2D eigenvalue weighted by Gasteiger charge is -2.01. The van der Waals surface area contributed by atoms with Crippen LogP contribution in [0.1, 0.15) is 9.67 Å². The number of carboxylic acid groups (broad SMARTS) is 1. The van der Waals surface area contributed by atoms with Gasteiger partial charge >= 0.3 is 5.97 Å². The predicted molar refractivity (Wildman–Crippen MR) is 58.6 cm³/mol. The molecule has 0 radical (unpaired) electrons. The molecule has 17 heavy (non-hydrogen) atoms. The molecule has 9 heteroatoms. The molecule has 0 saturated carbocycles. The molecule has 0 aliphatic rings. The minimum absolute atomic E-state index is 0.0457. The smallest absolute Gasteiger partial charge is 0.345 e. The second-order valence-electron chi connectivity index (χ2n) is 2.97. The van der Waals surface area contributed by atoms with Crippen LogP contribution in [0.2, 0.25) is 0 Å². The van der Waals surface area contributed by atoms with Gasteiger partial charge in [0.25, 0.3) is 10.0 Å². The lowest BCUT2D eigenvalue weighted by atomic mass is 10.5.